The number of aromatic carboxylic acids is 1. The minimum Gasteiger partial charge on any atom is -0.478 e. The zero-order valence-electron chi connectivity index (χ0n) is 10.2. The maximum absolute atomic E-state index is 11.9. The van der Waals surface area contributed by atoms with E-state index in [1.165, 1.54) is 24.3 Å². The molecule has 0 aliphatic carbocycles. The lowest BCUT2D eigenvalue weighted by Gasteiger charge is -2.38. The molecule has 0 amide bonds. The van der Waals surface area contributed by atoms with Gasteiger partial charge in [-0.1, -0.05) is 6.07 Å². The molecule has 1 fully saturated rings. The molecule has 3 N–H and O–H groups in total. The summed E-state index contributed by atoms with van der Waals surface area (Å²) in [5, 5.41) is 8.83. The van der Waals surface area contributed by atoms with Crippen LogP contribution in [0.4, 0.5) is 5.69 Å². The van der Waals surface area contributed by atoms with Crippen molar-refractivity contribution >= 4 is 21.9 Å². The molecule has 0 aromatic heterocycles. The molecule has 19 heavy (non-hydrogen) atoms. The minimum atomic E-state index is -3.77. The molecule has 104 valence electrons. The number of rotatable bonds is 5. The van der Waals surface area contributed by atoms with Crippen molar-refractivity contribution in [1.82, 2.24) is 4.72 Å². The highest BCUT2D eigenvalue weighted by molar-refractivity contribution is 7.90. The smallest absolute Gasteiger partial charge is 0.335 e. The Hall–Kier alpha value is -1.64. The van der Waals surface area contributed by atoms with Gasteiger partial charge in [0, 0.05) is 0 Å². The van der Waals surface area contributed by atoms with Gasteiger partial charge >= 0.3 is 5.97 Å². The maximum Gasteiger partial charge on any atom is 0.335 e. The fourth-order valence-corrected chi connectivity index (χ4v) is 2.94. The van der Waals surface area contributed by atoms with Crippen LogP contribution < -0.4 is 9.44 Å². The van der Waals surface area contributed by atoms with E-state index in [1.54, 1.807) is 6.92 Å². The van der Waals surface area contributed by atoms with Crippen LogP contribution in [-0.4, -0.2) is 38.2 Å². The summed E-state index contributed by atoms with van der Waals surface area (Å²) in [6, 6.07) is 5.58. The fraction of sp³-hybridized carbons (Fsp3) is 0.364. The molecule has 0 radical (unpaired) electrons. The van der Waals surface area contributed by atoms with Crippen LogP contribution in [0.1, 0.15) is 17.3 Å². The first kappa shape index (κ1) is 13.8. The number of carboxylic acids is 1. The largest absolute Gasteiger partial charge is 0.478 e. The molecular weight excluding hydrogens is 272 g/mol. The van der Waals surface area contributed by atoms with Crippen molar-refractivity contribution in [3.8, 4) is 0 Å². The average molecular weight is 286 g/mol. The quantitative estimate of drug-likeness (QED) is 0.727. The average Bonchev–Trinajstić information content (AvgIpc) is 2.26. The van der Waals surface area contributed by atoms with Gasteiger partial charge in [-0.25, -0.2) is 4.79 Å². The summed E-state index contributed by atoms with van der Waals surface area (Å²) < 4.78 is 33.4. The van der Waals surface area contributed by atoms with Gasteiger partial charge < -0.3 is 9.84 Å². The van der Waals surface area contributed by atoms with Gasteiger partial charge in [-0.3, -0.25) is 4.72 Å². The Balaban J connectivity index is 2.11. The van der Waals surface area contributed by atoms with Crippen LogP contribution >= 0.6 is 0 Å². The van der Waals surface area contributed by atoms with Gasteiger partial charge in [-0.15, -0.1) is 0 Å². The monoisotopic (exact) mass is 286 g/mol. The molecule has 1 saturated heterocycles. The Kier molecular flexibility index (Phi) is 3.48. The van der Waals surface area contributed by atoms with Gasteiger partial charge in [-0.05, 0) is 25.1 Å². The Morgan fingerprint density at radius 2 is 2.11 bits per heavy atom. The number of anilines is 1. The van der Waals surface area contributed by atoms with Crippen LogP contribution in [0.2, 0.25) is 0 Å². The maximum atomic E-state index is 11.9. The molecule has 0 spiro atoms. The molecule has 1 aromatic carbocycles. The van der Waals surface area contributed by atoms with E-state index in [0.29, 0.717) is 13.2 Å². The molecule has 2 rings (SSSR count). The zero-order chi connectivity index (χ0) is 14.1. The van der Waals surface area contributed by atoms with Crippen LogP contribution in [0.15, 0.2) is 24.3 Å². The lowest BCUT2D eigenvalue weighted by molar-refractivity contribution is -0.0522. The third-order valence-corrected chi connectivity index (χ3v) is 3.85. The lowest BCUT2D eigenvalue weighted by Crippen LogP contribution is -2.60. The van der Waals surface area contributed by atoms with E-state index in [0.717, 1.165) is 0 Å². The van der Waals surface area contributed by atoms with E-state index in [2.05, 4.69) is 9.44 Å². The predicted octanol–water partition coefficient (Wildman–Crippen LogP) is 0.420. The minimum absolute atomic E-state index is 0.0124. The lowest BCUT2D eigenvalue weighted by atomic mass is 10.0. The SMILES string of the molecule is CC1(NS(=O)(=O)Nc2cccc(C(=O)O)c2)COC1. The topological polar surface area (TPSA) is 105 Å². The first-order valence-corrected chi connectivity index (χ1v) is 7.01. The third kappa shape index (κ3) is 3.43. The Labute approximate surface area is 110 Å². The van der Waals surface area contributed by atoms with Crippen molar-refractivity contribution in [2.75, 3.05) is 17.9 Å². The van der Waals surface area contributed by atoms with E-state index < -0.39 is 21.7 Å². The Bertz CT molecular complexity index is 595. The molecule has 0 saturated carbocycles. The van der Waals surface area contributed by atoms with Crippen molar-refractivity contribution in [2.45, 2.75) is 12.5 Å². The van der Waals surface area contributed by atoms with Gasteiger partial charge in [0.2, 0.25) is 0 Å². The molecular formula is C11H14N2O5S. The van der Waals surface area contributed by atoms with E-state index in [9.17, 15) is 13.2 Å². The molecule has 1 aromatic rings. The van der Waals surface area contributed by atoms with Gasteiger partial charge in [0.25, 0.3) is 10.2 Å². The Morgan fingerprint density at radius 1 is 1.42 bits per heavy atom. The van der Waals surface area contributed by atoms with Crippen LogP contribution in [0, 0.1) is 0 Å². The molecule has 0 bridgehead atoms. The number of nitrogens with one attached hydrogen (secondary N) is 2. The Morgan fingerprint density at radius 3 is 2.63 bits per heavy atom. The van der Waals surface area contributed by atoms with Crippen LogP contribution in [0.3, 0.4) is 0 Å². The molecule has 7 nitrogen and oxygen atoms in total. The van der Waals surface area contributed by atoms with Gasteiger partial charge in [0.05, 0.1) is 30.0 Å². The van der Waals surface area contributed by atoms with E-state index in [4.69, 9.17) is 9.84 Å². The van der Waals surface area contributed by atoms with Crippen molar-refractivity contribution in [2.24, 2.45) is 0 Å². The van der Waals surface area contributed by atoms with E-state index >= 15 is 0 Å². The summed E-state index contributed by atoms with van der Waals surface area (Å²) in [7, 11) is -3.77. The highest BCUT2D eigenvalue weighted by Crippen LogP contribution is 2.18. The molecule has 1 aliphatic heterocycles. The highest BCUT2D eigenvalue weighted by Gasteiger charge is 2.37. The third-order valence-electron chi connectivity index (χ3n) is 2.58. The molecule has 1 aliphatic rings. The normalized spacial score (nSPS) is 17.5. The van der Waals surface area contributed by atoms with Gasteiger partial charge in [0.1, 0.15) is 0 Å². The summed E-state index contributed by atoms with van der Waals surface area (Å²) in [5.41, 5.74) is -0.411. The van der Waals surface area contributed by atoms with Crippen LogP contribution in [0.25, 0.3) is 0 Å². The highest BCUT2D eigenvalue weighted by atomic mass is 32.2. The van der Waals surface area contributed by atoms with Gasteiger partial charge in [-0.2, -0.15) is 13.1 Å². The number of hydrogen-bond acceptors (Lipinski definition) is 4. The molecule has 8 heteroatoms. The van der Waals surface area contributed by atoms with E-state index in [1.807, 2.05) is 0 Å². The summed E-state index contributed by atoms with van der Waals surface area (Å²) in [4.78, 5) is 10.8. The number of benzene rings is 1. The van der Waals surface area contributed by atoms with Crippen LogP contribution in [0.5, 0.6) is 0 Å². The van der Waals surface area contributed by atoms with Crippen molar-refractivity contribution < 1.29 is 23.1 Å². The molecule has 0 unspecified atom stereocenters. The number of ether oxygens (including phenoxy) is 1. The van der Waals surface area contributed by atoms with Gasteiger partial charge in [0.15, 0.2) is 0 Å². The zero-order valence-corrected chi connectivity index (χ0v) is 11.0. The van der Waals surface area contributed by atoms with Crippen molar-refractivity contribution in [3.63, 3.8) is 0 Å². The summed E-state index contributed by atoms with van der Waals surface area (Å²) in [6.07, 6.45) is 0. The second kappa shape index (κ2) is 4.80. The standard InChI is InChI=1S/C11H14N2O5S/c1-11(6-18-7-11)13-19(16,17)12-9-4-2-3-8(5-9)10(14)15/h2-5,12-13H,6-7H2,1H3,(H,14,15). The molecule has 0 atom stereocenters. The van der Waals surface area contributed by atoms with Crippen molar-refractivity contribution in [1.29, 1.82) is 0 Å². The second-order valence-electron chi connectivity index (χ2n) is 4.65. The summed E-state index contributed by atoms with van der Waals surface area (Å²) in [6.45, 7) is 2.34. The van der Waals surface area contributed by atoms with Crippen LogP contribution in [-0.2, 0) is 14.9 Å². The number of carbonyl (C=O) groups is 1. The summed E-state index contributed by atoms with van der Waals surface area (Å²) >= 11 is 0. The fourth-order valence-electron chi connectivity index (χ4n) is 1.69. The van der Waals surface area contributed by atoms with E-state index in [-0.39, 0.29) is 11.3 Å². The van der Waals surface area contributed by atoms with Crippen molar-refractivity contribution in [3.05, 3.63) is 29.8 Å². The summed E-state index contributed by atoms with van der Waals surface area (Å²) in [5.74, 6) is -1.12. The number of hydrogen-bond donors (Lipinski definition) is 3. The molecule has 1 heterocycles. The first-order valence-electron chi connectivity index (χ1n) is 5.53. The predicted molar refractivity (Wildman–Crippen MR) is 68.3 cm³/mol. The first-order chi connectivity index (χ1) is 8.80. The number of carboxylic acid groups (broad SMARTS) is 1. The second-order valence-corrected chi connectivity index (χ2v) is 6.06.